The van der Waals surface area contributed by atoms with Gasteiger partial charge in [-0.25, -0.2) is 4.98 Å². The Morgan fingerprint density at radius 2 is 1.94 bits per heavy atom. The first-order valence-corrected chi connectivity index (χ1v) is 5.61. The molecule has 0 fully saturated rings. The Kier molecular flexibility index (Phi) is 3.28. The molecule has 0 saturated heterocycles. The average Bonchev–Trinajstić information content (AvgIpc) is 2.63. The van der Waals surface area contributed by atoms with E-state index < -0.39 is 12.6 Å². The van der Waals surface area contributed by atoms with Crippen molar-refractivity contribution in [2.45, 2.75) is 25.0 Å². The van der Waals surface area contributed by atoms with E-state index in [-0.39, 0.29) is 12.4 Å². The number of hydrogen-bond acceptors (Lipinski definition) is 1. The van der Waals surface area contributed by atoms with E-state index >= 15 is 0 Å². The third-order valence-electron chi connectivity index (χ3n) is 2.47. The third-order valence-corrected chi connectivity index (χ3v) is 2.71. The molecule has 92 valence electrons. The number of rotatable bonds is 3. The molecule has 1 aromatic heterocycles. The summed E-state index contributed by atoms with van der Waals surface area (Å²) < 4.78 is 38.2. The molecule has 1 heterocycles. The molecule has 2 rings (SSSR count). The van der Waals surface area contributed by atoms with Gasteiger partial charge in [-0.3, -0.25) is 0 Å². The Morgan fingerprint density at radius 1 is 1.24 bits per heavy atom. The molecule has 2 nitrogen and oxygen atoms in total. The molecule has 2 aromatic rings. The van der Waals surface area contributed by atoms with E-state index in [0.717, 1.165) is 0 Å². The van der Waals surface area contributed by atoms with Crippen molar-refractivity contribution in [2.75, 3.05) is 0 Å². The summed E-state index contributed by atoms with van der Waals surface area (Å²) in [6.45, 7) is -0.147. The minimum Gasteiger partial charge on any atom is -0.327 e. The molecule has 0 aliphatic heterocycles. The Balaban J connectivity index is 2.37. The lowest BCUT2D eigenvalue weighted by Gasteiger charge is -2.09. The van der Waals surface area contributed by atoms with Crippen molar-refractivity contribution in [1.82, 2.24) is 9.55 Å². The summed E-state index contributed by atoms with van der Waals surface area (Å²) in [5.74, 6) is 0.573. The van der Waals surface area contributed by atoms with Crippen molar-refractivity contribution in [1.29, 1.82) is 0 Å². The number of halogens is 4. The van der Waals surface area contributed by atoms with Crippen molar-refractivity contribution in [3.63, 3.8) is 0 Å². The van der Waals surface area contributed by atoms with E-state index in [1.165, 1.54) is 4.57 Å². The highest BCUT2D eigenvalue weighted by molar-refractivity contribution is 6.16. The van der Waals surface area contributed by atoms with E-state index in [0.29, 0.717) is 16.9 Å². The summed E-state index contributed by atoms with van der Waals surface area (Å²) in [7, 11) is 0. The maximum Gasteiger partial charge on any atom is 0.390 e. The number of imidazole rings is 1. The normalized spacial score (nSPS) is 12.2. The van der Waals surface area contributed by atoms with Gasteiger partial charge in [0.2, 0.25) is 0 Å². The molecule has 0 saturated carbocycles. The molecule has 0 aliphatic carbocycles. The lowest BCUT2D eigenvalue weighted by atomic mass is 10.3. The SMILES string of the molecule is FC(F)(F)CCn1c(CCl)nc2ccccc21. The minimum atomic E-state index is -4.17. The van der Waals surface area contributed by atoms with Gasteiger partial charge in [-0.15, -0.1) is 11.6 Å². The van der Waals surface area contributed by atoms with Crippen LogP contribution in [-0.4, -0.2) is 15.7 Å². The molecule has 0 unspecified atom stereocenters. The maximum absolute atomic E-state index is 12.2. The van der Waals surface area contributed by atoms with Crippen LogP contribution in [0.15, 0.2) is 24.3 Å². The molecule has 1 aromatic carbocycles. The van der Waals surface area contributed by atoms with Crippen molar-refractivity contribution in [3.8, 4) is 0 Å². The Hall–Kier alpha value is -1.23. The number of para-hydroxylation sites is 2. The van der Waals surface area contributed by atoms with Crippen molar-refractivity contribution in [2.24, 2.45) is 0 Å². The first-order valence-electron chi connectivity index (χ1n) is 5.08. The Labute approximate surface area is 101 Å². The van der Waals surface area contributed by atoms with Crippen LogP contribution in [0.2, 0.25) is 0 Å². The van der Waals surface area contributed by atoms with Gasteiger partial charge in [-0.05, 0) is 12.1 Å². The number of nitrogens with zero attached hydrogens (tertiary/aromatic N) is 2. The zero-order valence-corrected chi connectivity index (χ0v) is 9.59. The molecule has 0 aliphatic rings. The molecule has 0 bridgehead atoms. The average molecular weight is 263 g/mol. The lowest BCUT2D eigenvalue weighted by Crippen LogP contribution is -2.13. The quantitative estimate of drug-likeness (QED) is 0.771. The van der Waals surface area contributed by atoms with Crippen LogP contribution in [0.5, 0.6) is 0 Å². The standard InChI is InChI=1S/C11H10ClF3N2/c12-7-10-16-8-3-1-2-4-9(8)17(10)6-5-11(13,14)15/h1-4H,5-7H2. The summed E-state index contributed by atoms with van der Waals surface area (Å²) in [6, 6.07) is 7.07. The summed E-state index contributed by atoms with van der Waals surface area (Å²) in [5, 5.41) is 0. The van der Waals surface area contributed by atoms with Gasteiger partial charge >= 0.3 is 6.18 Å². The summed E-state index contributed by atoms with van der Waals surface area (Å²) in [5.41, 5.74) is 1.36. The van der Waals surface area contributed by atoms with Crippen LogP contribution >= 0.6 is 11.6 Å². The lowest BCUT2D eigenvalue weighted by molar-refractivity contribution is -0.136. The molecule has 0 radical (unpaired) electrons. The zero-order valence-electron chi connectivity index (χ0n) is 8.84. The Morgan fingerprint density at radius 3 is 2.59 bits per heavy atom. The third kappa shape index (κ3) is 2.72. The van der Waals surface area contributed by atoms with Gasteiger partial charge in [-0.2, -0.15) is 13.2 Å². The van der Waals surface area contributed by atoms with Crippen LogP contribution in [0.25, 0.3) is 11.0 Å². The summed E-state index contributed by atoms with van der Waals surface area (Å²) in [4.78, 5) is 4.20. The fourth-order valence-corrected chi connectivity index (χ4v) is 1.92. The molecule has 0 spiro atoms. The topological polar surface area (TPSA) is 17.8 Å². The minimum absolute atomic E-state index is 0.104. The predicted molar refractivity (Wildman–Crippen MR) is 60.0 cm³/mol. The molecule has 17 heavy (non-hydrogen) atoms. The van der Waals surface area contributed by atoms with Gasteiger partial charge < -0.3 is 4.57 Å². The fraction of sp³-hybridized carbons (Fsp3) is 0.364. The molecule has 0 N–H and O–H groups in total. The van der Waals surface area contributed by atoms with Gasteiger partial charge in [0.15, 0.2) is 0 Å². The largest absolute Gasteiger partial charge is 0.390 e. The number of aryl methyl sites for hydroxylation is 1. The smallest absolute Gasteiger partial charge is 0.327 e. The number of aromatic nitrogens is 2. The van der Waals surface area contributed by atoms with Crippen LogP contribution in [-0.2, 0) is 12.4 Å². The van der Waals surface area contributed by atoms with Crippen LogP contribution in [0.3, 0.4) is 0 Å². The monoisotopic (exact) mass is 262 g/mol. The van der Waals surface area contributed by atoms with Crippen LogP contribution in [0, 0.1) is 0 Å². The predicted octanol–water partition coefficient (Wildman–Crippen LogP) is 3.73. The molecular weight excluding hydrogens is 253 g/mol. The second-order valence-corrected chi connectivity index (χ2v) is 3.93. The highest BCUT2D eigenvalue weighted by Gasteiger charge is 2.27. The van der Waals surface area contributed by atoms with E-state index in [9.17, 15) is 13.2 Å². The van der Waals surface area contributed by atoms with Crippen molar-refractivity contribution >= 4 is 22.6 Å². The van der Waals surface area contributed by atoms with Crippen molar-refractivity contribution in [3.05, 3.63) is 30.1 Å². The highest BCUT2D eigenvalue weighted by Crippen LogP contribution is 2.23. The van der Waals surface area contributed by atoms with Gasteiger partial charge in [0.05, 0.1) is 23.3 Å². The molecule has 0 atom stereocenters. The first kappa shape index (κ1) is 12.2. The van der Waals surface area contributed by atoms with E-state index in [1.54, 1.807) is 24.3 Å². The van der Waals surface area contributed by atoms with Crippen LogP contribution in [0.4, 0.5) is 13.2 Å². The van der Waals surface area contributed by atoms with Gasteiger partial charge in [0, 0.05) is 6.54 Å². The second-order valence-electron chi connectivity index (χ2n) is 3.67. The fourth-order valence-electron chi connectivity index (χ4n) is 1.72. The first-order chi connectivity index (χ1) is 8.01. The number of hydrogen-bond donors (Lipinski definition) is 0. The molecular formula is C11H10ClF3N2. The van der Waals surface area contributed by atoms with Crippen molar-refractivity contribution < 1.29 is 13.2 Å². The van der Waals surface area contributed by atoms with E-state index in [2.05, 4.69) is 4.98 Å². The summed E-state index contributed by atoms with van der Waals surface area (Å²) in [6.07, 6.45) is -5.05. The molecule has 0 amide bonds. The maximum atomic E-state index is 12.2. The zero-order chi connectivity index (χ0) is 12.5. The van der Waals surface area contributed by atoms with Gasteiger partial charge in [0.25, 0.3) is 0 Å². The molecule has 6 heteroatoms. The van der Waals surface area contributed by atoms with E-state index in [1.807, 2.05) is 0 Å². The van der Waals surface area contributed by atoms with Gasteiger partial charge in [-0.1, -0.05) is 12.1 Å². The number of alkyl halides is 4. The number of fused-ring (bicyclic) bond motifs is 1. The highest BCUT2D eigenvalue weighted by atomic mass is 35.5. The summed E-state index contributed by atoms with van der Waals surface area (Å²) >= 11 is 5.69. The second kappa shape index (κ2) is 4.56. The van der Waals surface area contributed by atoms with Gasteiger partial charge in [0.1, 0.15) is 5.82 Å². The van der Waals surface area contributed by atoms with E-state index in [4.69, 9.17) is 11.6 Å². The van der Waals surface area contributed by atoms with Crippen LogP contribution < -0.4 is 0 Å². The number of benzene rings is 1. The van der Waals surface area contributed by atoms with Crippen LogP contribution in [0.1, 0.15) is 12.2 Å². The Bertz CT molecular complexity index is 519.